The topological polar surface area (TPSA) is 98.9 Å². The molecule has 3 heterocycles. The van der Waals surface area contributed by atoms with Crippen LogP contribution >= 0.6 is 0 Å². The lowest BCUT2D eigenvalue weighted by Crippen LogP contribution is -2.47. The number of aliphatic hydroxyl groups is 2. The highest BCUT2D eigenvalue weighted by Gasteiger charge is 2.63. The van der Waals surface area contributed by atoms with E-state index in [0.717, 1.165) is 0 Å². The highest BCUT2D eigenvalue weighted by molar-refractivity contribution is 5.28. The lowest BCUT2D eigenvalue weighted by Gasteiger charge is -2.34. The van der Waals surface area contributed by atoms with Crippen LogP contribution in [0.3, 0.4) is 0 Å². The molecule has 0 spiro atoms. The Morgan fingerprint density at radius 1 is 1.20 bits per heavy atom. The van der Waals surface area contributed by atoms with Crippen molar-refractivity contribution >= 4 is 0 Å². The molecule has 164 valence electrons. The molecule has 2 aliphatic heterocycles. The van der Waals surface area contributed by atoms with Crippen molar-refractivity contribution in [2.45, 2.75) is 83.1 Å². The number of rotatable bonds is 6. The predicted molar refractivity (Wildman–Crippen MR) is 108 cm³/mol. The third kappa shape index (κ3) is 3.78. The third-order valence-electron chi connectivity index (χ3n) is 5.77. The molecule has 1 aromatic heterocycles. The van der Waals surface area contributed by atoms with Gasteiger partial charge in [-0.2, -0.15) is 0 Å². The molecule has 2 fully saturated rings. The molecule has 0 amide bonds. The lowest BCUT2D eigenvalue weighted by molar-refractivity contribution is -0.233. The van der Waals surface area contributed by atoms with Crippen molar-refractivity contribution in [3.05, 3.63) is 47.8 Å². The van der Waals surface area contributed by atoms with Crippen LogP contribution in [0, 0.1) is 5.92 Å². The summed E-state index contributed by atoms with van der Waals surface area (Å²) in [5, 5.41) is 30.9. The molecule has 2 N–H and O–H groups in total. The van der Waals surface area contributed by atoms with Crippen LogP contribution in [0.1, 0.15) is 52.3 Å². The molecular weight excluding hydrogens is 386 g/mol. The van der Waals surface area contributed by atoms with Gasteiger partial charge in [-0.05, 0) is 38.7 Å². The lowest BCUT2D eigenvalue weighted by atomic mass is 9.84. The van der Waals surface area contributed by atoms with Gasteiger partial charge in [0.25, 0.3) is 0 Å². The minimum absolute atomic E-state index is 0.232. The van der Waals surface area contributed by atoms with Gasteiger partial charge < -0.3 is 24.4 Å². The van der Waals surface area contributed by atoms with Gasteiger partial charge in [-0.15, -0.1) is 5.10 Å². The fourth-order valence-electron chi connectivity index (χ4n) is 4.52. The monoisotopic (exact) mass is 417 g/mol. The first-order chi connectivity index (χ1) is 14.0. The van der Waals surface area contributed by atoms with Crippen molar-refractivity contribution in [2.75, 3.05) is 0 Å². The molecule has 1 unspecified atom stereocenters. The number of aromatic nitrogens is 3. The summed E-state index contributed by atoms with van der Waals surface area (Å²) in [7, 11) is 0. The van der Waals surface area contributed by atoms with Gasteiger partial charge >= 0.3 is 0 Å². The Kier molecular flexibility index (Phi) is 5.27. The van der Waals surface area contributed by atoms with Crippen molar-refractivity contribution in [3.8, 4) is 0 Å². The van der Waals surface area contributed by atoms with E-state index in [2.05, 4.69) is 10.3 Å². The van der Waals surface area contributed by atoms with Crippen molar-refractivity contribution in [3.63, 3.8) is 0 Å². The second-order valence-corrected chi connectivity index (χ2v) is 9.44. The molecule has 2 aliphatic rings. The third-order valence-corrected chi connectivity index (χ3v) is 5.77. The van der Waals surface area contributed by atoms with Gasteiger partial charge in [-0.3, -0.25) is 0 Å². The number of hydrogen-bond acceptors (Lipinski definition) is 7. The van der Waals surface area contributed by atoms with E-state index in [1.807, 2.05) is 44.2 Å². The fraction of sp³-hybridized carbons (Fsp3) is 0.636. The standard InChI is InChI=1S/C22H31N3O5/c1-14(2)11-21(5,26)16-12-25(24-23-16)13-17-22(27,15-9-7-6-8-10-15)18-19(28-17)30-20(3,4)29-18/h6-10,12,14,17-19,26-27H,11,13H2,1-5H3/t17-,18+,19+,21?,22-/m1/s1. The molecule has 8 heteroatoms. The second kappa shape index (κ2) is 7.39. The van der Waals surface area contributed by atoms with E-state index < -0.39 is 35.5 Å². The van der Waals surface area contributed by atoms with Crippen LogP contribution in [0.5, 0.6) is 0 Å². The quantitative estimate of drug-likeness (QED) is 0.744. The van der Waals surface area contributed by atoms with Crippen molar-refractivity contribution < 1.29 is 24.4 Å². The first-order valence-corrected chi connectivity index (χ1v) is 10.4. The number of ether oxygens (including phenoxy) is 3. The summed E-state index contributed by atoms with van der Waals surface area (Å²) in [6.07, 6.45) is 0.238. The van der Waals surface area contributed by atoms with Crippen LogP contribution in [0.2, 0.25) is 0 Å². The van der Waals surface area contributed by atoms with Gasteiger partial charge in [0.1, 0.15) is 29.1 Å². The molecular formula is C22H31N3O5. The SMILES string of the molecule is CC(C)CC(C)(O)c1cn(C[C@H]2O[C@H]3OC(C)(C)O[C@@H]3[C@@]2(O)c2ccccc2)nn1. The van der Waals surface area contributed by atoms with Gasteiger partial charge in [-0.1, -0.05) is 49.4 Å². The molecule has 2 saturated heterocycles. The van der Waals surface area contributed by atoms with Crippen LogP contribution in [-0.2, 0) is 32.0 Å². The molecule has 4 rings (SSSR count). The maximum atomic E-state index is 11.8. The van der Waals surface area contributed by atoms with Crippen LogP contribution < -0.4 is 0 Å². The molecule has 0 saturated carbocycles. The molecule has 5 atom stereocenters. The van der Waals surface area contributed by atoms with E-state index in [9.17, 15) is 10.2 Å². The first-order valence-electron chi connectivity index (χ1n) is 10.4. The van der Waals surface area contributed by atoms with Gasteiger partial charge in [0.05, 0.1) is 12.7 Å². The molecule has 0 bridgehead atoms. The van der Waals surface area contributed by atoms with Crippen LogP contribution in [0.4, 0.5) is 0 Å². The van der Waals surface area contributed by atoms with Gasteiger partial charge in [-0.25, -0.2) is 4.68 Å². The zero-order valence-electron chi connectivity index (χ0n) is 18.1. The number of benzene rings is 1. The van der Waals surface area contributed by atoms with E-state index in [1.165, 1.54) is 0 Å². The molecule has 1 aromatic carbocycles. The number of hydrogen-bond donors (Lipinski definition) is 2. The van der Waals surface area contributed by atoms with Gasteiger partial charge in [0.15, 0.2) is 12.1 Å². The highest BCUT2D eigenvalue weighted by Crippen LogP contribution is 2.48. The second-order valence-electron chi connectivity index (χ2n) is 9.44. The van der Waals surface area contributed by atoms with E-state index >= 15 is 0 Å². The Bertz CT molecular complexity index is 882. The minimum atomic E-state index is -1.42. The number of nitrogens with zero attached hydrogens (tertiary/aromatic N) is 3. The van der Waals surface area contributed by atoms with Crippen LogP contribution in [0.15, 0.2) is 36.5 Å². The Labute approximate surface area is 176 Å². The van der Waals surface area contributed by atoms with Crippen molar-refractivity contribution in [1.82, 2.24) is 15.0 Å². The van der Waals surface area contributed by atoms with Gasteiger partial charge in [0.2, 0.25) is 0 Å². The van der Waals surface area contributed by atoms with E-state index in [1.54, 1.807) is 31.6 Å². The molecule has 0 radical (unpaired) electrons. The first kappa shape index (κ1) is 21.4. The Morgan fingerprint density at radius 2 is 1.90 bits per heavy atom. The predicted octanol–water partition coefficient (Wildman–Crippen LogP) is 2.30. The molecule has 0 aliphatic carbocycles. The maximum Gasteiger partial charge on any atom is 0.191 e. The van der Waals surface area contributed by atoms with E-state index in [0.29, 0.717) is 23.6 Å². The van der Waals surface area contributed by atoms with Crippen molar-refractivity contribution in [2.24, 2.45) is 5.92 Å². The zero-order valence-corrected chi connectivity index (χ0v) is 18.1. The molecule has 2 aromatic rings. The average molecular weight is 418 g/mol. The Hall–Kier alpha value is -1.84. The molecule has 30 heavy (non-hydrogen) atoms. The summed E-state index contributed by atoms with van der Waals surface area (Å²) in [6, 6.07) is 9.34. The summed E-state index contributed by atoms with van der Waals surface area (Å²) in [5.74, 6) is -0.539. The molecule has 8 nitrogen and oxygen atoms in total. The summed E-state index contributed by atoms with van der Waals surface area (Å²) in [4.78, 5) is 0. The minimum Gasteiger partial charge on any atom is -0.384 e. The summed E-state index contributed by atoms with van der Waals surface area (Å²) in [5.41, 5.74) is -1.32. The van der Waals surface area contributed by atoms with E-state index in [4.69, 9.17) is 14.2 Å². The average Bonchev–Trinajstić information content (AvgIpc) is 3.30. The number of fused-ring (bicyclic) bond motifs is 1. The van der Waals surface area contributed by atoms with Crippen LogP contribution in [-0.4, -0.2) is 49.5 Å². The highest BCUT2D eigenvalue weighted by atomic mass is 16.8. The van der Waals surface area contributed by atoms with Crippen molar-refractivity contribution in [1.29, 1.82) is 0 Å². The maximum absolute atomic E-state index is 11.8. The summed E-state index contributed by atoms with van der Waals surface area (Å²) < 4.78 is 19.6. The summed E-state index contributed by atoms with van der Waals surface area (Å²) >= 11 is 0. The van der Waals surface area contributed by atoms with E-state index in [-0.39, 0.29) is 6.54 Å². The zero-order chi connectivity index (χ0) is 21.7. The Balaban J connectivity index is 1.61. The fourth-order valence-corrected chi connectivity index (χ4v) is 4.52. The largest absolute Gasteiger partial charge is 0.384 e. The van der Waals surface area contributed by atoms with Gasteiger partial charge in [0, 0.05) is 0 Å². The summed E-state index contributed by atoms with van der Waals surface area (Å²) in [6.45, 7) is 9.67. The smallest absolute Gasteiger partial charge is 0.191 e. The normalized spacial score (nSPS) is 32.3. The Morgan fingerprint density at radius 3 is 2.57 bits per heavy atom. The van der Waals surface area contributed by atoms with Crippen LogP contribution in [0.25, 0.3) is 0 Å².